The van der Waals surface area contributed by atoms with Crippen molar-refractivity contribution in [1.29, 1.82) is 0 Å². The van der Waals surface area contributed by atoms with Gasteiger partial charge in [0.15, 0.2) is 10.3 Å². The fraction of sp³-hybridized carbons (Fsp3) is 0.700. The second-order valence-electron chi connectivity index (χ2n) is 8.89. The second-order valence-corrected chi connectivity index (χ2v) is 11.1. The van der Waals surface area contributed by atoms with E-state index >= 15 is 0 Å². The molecule has 3 fully saturated rings. The minimum Gasteiger partial charge on any atom is -0.399 e. The molecule has 3 aliphatic heterocycles. The number of ether oxygens (including phenoxy) is 2. The lowest BCUT2D eigenvalue weighted by Crippen LogP contribution is -2.61. The molecule has 0 N–H and O–H groups in total. The van der Waals surface area contributed by atoms with Crippen molar-refractivity contribution in [1.82, 2.24) is 9.97 Å². The van der Waals surface area contributed by atoms with Crippen molar-refractivity contribution < 1.29 is 18.8 Å². The predicted octanol–water partition coefficient (Wildman–Crippen LogP) is 1.93. The van der Waals surface area contributed by atoms with Crippen molar-refractivity contribution in [3.63, 3.8) is 0 Å². The van der Waals surface area contributed by atoms with Gasteiger partial charge in [-0.2, -0.15) is 0 Å². The van der Waals surface area contributed by atoms with Crippen molar-refractivity contribution in [2.24, 2.45) is 0 Å². The molecule has 3 aliphatic rings. The molecule has 8 nitrogen and oxygen atoms in total. The van der Waals surface area contributed by atoms with Gasteiger partial charge in [0.2, 0.25) is 0 Å². The van der Waals surface area contributed by atoms with E-state index in [1.165, 1.54) is 4.88 Å². The van der Waals surface area contributed by atoms with E-state index in [2.05, 4.69) is 47.5 Å². The van der Waals surface area contributed by atoms with Crippen molar-refractivity contribution in [3.8, 4) is 0 Å². The highest BCUT2D eigenvalue weighted by Crippen LogP contribution is 2.42. The molecule has 3 saturated heterocycles. The lowest BCUT2D eigenvalue weighted by atomic mass is 9.82. The maximum absolute atomic E-state index is 6.62. The van der Waals surface area contributed by atoms with Crippen molar-refractivity contribution >= 4 is 44.8 Å². The summed E-state index contributed by atoms with van der Waals surface area (Å²) >= 11 is 3.35. The molecule has 0 radical (unpaired) electrons. The van der Waals surface area contributed by atoms with Gasteiger partial charge in [0.05, 0.1) is 30.2 Å². The zero-order valence-corrected chi connectivity index (χ0v) is 20.1. The van der Waals surface area contributed by atoms with Gasteiger partial charge >= 0.3 is 7.12 Å². The van der Waals surface area contributed by atoms with E-state index in [-0.39, 0.29) is 6.10 Å². The lowest BCUT2D eigenvalue weighted by Gasteiger charge is -2.46. The number of nitrogens with zero attached hydrogens (tertiary/aromatic N) is 4. The van der Waals surface area contributed by atoms with Gasteiger partial charge in [0, 0.05) is 43.4 Å². The zero-order chi connectivity index (χ0) is 21.6. The minimum absolute atomic E-state index is 0.128. The molecule has 0 spiro atoms. The van der Waals surface area contributed by atoms with Gasteiger partial charge in [-0.25, -0.2) is 9.97 Å². The fourth-order valence-electron chi connectivity index (χ4n) is 4.28. The number of hydrogen-bond acceptors (Lipinski definition) is 10. The molecule has 168 valence electrons. The van der Waals surface area contributed by atoms with Crippen LogP contribution in [0.2, 0.25) is 0 Å². The average molecular weight is 464 g/mol. The average Bonchev–Trinajstić information content (AvgIpc) is 3.48. The van der Waals surface area contributed by atoms with Crippen LogP contribution >= 0.6 is 22.7 Å². The maximum Gasteiger partial charge on any atom is 0.507 e. The third-order valence-corrected chi connectivity index (χ3v) is 8.59. The molecule has 5 heterocycles. The van der Waals surface area contributed by atoms with Gasteiger partial charge in [0.1, 0.15) is 11.7 Å². The Morgan fingerprint density at radius 3 is 2.42 bits per heavy atom. The van der Waals surface area contributed by atoms with Crippen LogP contribution in [0, 0.1) is 6.92 Å². The number of aromatic nitrogens is 2. The Morgan fingerprint density at radius 2 is 1.68 bits per heavy atom. The number of rotatable bonds is 4. The summed E-state index contributed by atoms with van der Waals surface area (Å²) in [6, 6.07) is 0. The monoisotopic (exact) mass is 464 g/mol. The Bertz CT molecular complexity index is 919. The minimum atomic E-state index is -0.605. The molecular formula is C20H29BN4O4S2. The van der Waals surface area contributed by atoms with E-state index in [1.807, 2.05) is 12.4 Å². The zero-order valence-electron chi connectivity index (χ0n) is 18.5. The van der Waals surface area contributed by atoms with Gasteiger partial charge in [-0.3, -0.25) is 0 Å². The van der Waals surface area contributed by atoms with E-state index in [0.717, 1.165) is 54.4 Å². The van der Waals surface area contributed by atoms with Crippen LogP contribution in [0.4, 0.5) is 10.3 Å². The Labute approximate surface area is 191 Å². The highest BCUT2D eigenvalue weighted by molar-refractivity contribution is 7.25. The largest absolute Gasteiger partial charge is 0.507 e. The molecule has 31 heavy (non-hydrogen) atoms. The second kappa shape index (κ2) is 8.28. The maximum atomic E-state index is 6.62. The van der Waals surface area contributed by atoms with Crippen LogP contribution in [0.25, 0.3) is 0 Å². The molecule has 0 saturated carbocycles. The Balaban J connectivity index is 1.33. The summed E-state index contributed by atoms with van der Waals surface area (Å²) in [4.78, 5) is 15.0. The number of aryl methyl sites for hydroxylation is 1. The fourth-order valence-corrected chi connectivity index (χ4v) is 6.00. The number of anilines is 2. The SMILES string of the molecule is Cc1cnc(N2CCOC(C3(C)OB(c4cnc(N5CCOCC5)s4)OC3(C)C)C2)s1. The number of hydrogen-bond donors (Lipinski definition) is 0. The Morgan fingerprint density at radius 1 is 0.968 bits per heavy atom. The molecule has 0 aromatic carbocycles. The van der Waals surface area contributed by atoms with E-state index in [0.29, 0.717) is 6.61 Å². The van der Waals surface area contributed by atoms with Crippen LogP contribution in [-0.4, -0.2) is 80.4 Å². The predicted molar refractivity (Wildman–Crippen MR) is 124 cm³/mol. The third kappa shape index (κ3) is 4.00. The van der Waals surface area contributed by atoms with Gasteiger partial charge in [-0.05, 0) is 27.7 Å². The molecule has 2 aromatic rings. The summed E-state index contributed by atoms with van der Waals surface area (Å²) in [6.07, 6.45) is 3.68. The number of morpholine rings is 2. The van der Waals surface area contributed by atoms with Crippen LogP contribution in [0.1, 0.15) is 25.6 Å². The van der Waals surface area contributed by atoms with Gasteiger partial charge in [-0.15, -0.1) is 22.7 Å². The van der Waals surface area contributed by atoms with Crippen molar-refractivity contribution in [2.45, 2.75) is 45.0 Å². The Hall–Kier alpha value is -1.24. The quantitative estimate of drug-likeness (QED) is 0.636. The normalized spacial score (nSPS) is 29.0. The molecule has 0 amide bonds. The third-order valence-electron chi connectivity index (χ3n) is 6.53. The first-order chi connectivity index (χ1) is 14.9. The smallest absolute Gasteiger partial charge is 0.399 e. The van der Waals surface area contributed by atoms with Crippen LogP contribution in [0.3, 0.4) is 0 Å². The van der Waals surface area contributed by atoms with Crippen LogP contribution in [0.5, 0.6) is 0 Å². The van der Waals surface area contributed by atoms with Gasteiger partial charge < -0.3 is 28.6 Å². The van der Waals surface area contributed by atoms with E-state index < -0.39 is 18.3 Å². The first-order valence-corrected chi connectivity index (χ1v) is 12.4. The first kappa shape index (κ1) is 21.6. The highest BCUT2D eigenvalue weighted by Gasteiger charge is 2.60. The Kier molecular flexibility index (Phi) is 5.77. The van der Waals surface area contributed by atoms with Crippen molar-refractivity contribution in [2.75, 3.05) is 55.8 Å². The summed E-state index contributed by atoms with van der Waals surface area (Å²) in [6.45, 7) is 13.8. The van der Waals surface area contributed by atoms with E-state index in [4.69, 9.17) is 18.8 Å². The van der Waals surface area contributed by atoms with E-state index in [1.54, 1.807) is 22.7 Å². The summed E-state index contributed by atoms with van der Waals surface area (Å²) in [5.41, 5.74) is -1.13. The lowest BCUT2D eigenvalue weighted by molar-refractivity contribution is -0.128. The van der Waals surface area contributed by atoms with Crippen LogP contribution in [-0.2, 0) is 18.8 Å². The molecule has 2 aromatic heterocycles. The summed E-state index contributed by atoms with van der Waals surface area (Å²) < 4.78 is 25.7. The molecule has 5 rings (SSSR count). The summed E-state index contributed by atoms with van der Waals surface area (Å²) in [5, 5.41) is 2.04. The molecule has 11 heteroatoms. The highest BCUT2D eigenvalue weighted by atomic mass is 32.1. The van der Waals surface area contributed by atoms with Gasteiger partial charge in [0.25, 0.3) is 0 Å². The molecular weight excluding hydrogens is 435 g/mol. The van der Waals surface area contributed by atoms with E-state index in [9.17, 15) is 0 Å². The number of thiazole rings is 2. The molecule has 2 atom stereocenters. The summed E-state index contributed by atoms with van der Waals surface area (Å²) in [5.74, 6) is 0. The van der Waals surface area contributed by atoms with Crippen LogP contribution in [0.15, 0.2) is 12.4 Å². The van der Waals surface area contributed by atoms with Crippen LogP contribution < -0.4 is 14.6 Å². The summed E-state index contributed by atoms with van der Waals surface area (Å²) in [7, 11) is -0.451. The molecule has 0 aliphatic carbocycles. The topological polar surface area (TPSA) is 69.2 Å². The molecule has 0 bridgehead atoms. The first-order valence-electron chi connectivity index (χ1n) is 10.8. The van der Waals surface area contributed by atoms with Gasteiger partial charge in [-0.1, -0.05) is 0 Å². The standard InChI is InChI=1S/C20H29BN4O4S2/c1-14-11-22-18(30-14)25-7-10-27-15(13-25)20(4)19(2,3)28-21(29-20)16-12-23-17(31-16)24-5-8-26-9-6-24/h11-12,15H,5-10,13H2,1-4H3. The molecule has 2 unspecified atom stereocenters. The van der Waals surface area contributed by atoms with Crippen molar-refractivity contribution in [3.05, 3.63) is 17.3 Å².